The fraction of sp³-hybridized carbons (Fsp3) is 0.625. The third-order valence-electron chi connectivity index (χ3n) is 4.69. The van der Waals surface area contributed by atoms with Gasteiger partial charge in [0.25, 0.3) is 0 Å². The average Bonchev–Trinajstić information content (AvgIpc) is 2.48. The van der Waals surface area contributed by atoms with Crippen LogP contribution in [0.4, 0.5) is 8.78 Å². The lowest BCUT2D eigenvalue weighted by Gasteiger charge is -2.33. The fourth-order valence-electron chi connectivity index (χ4n) is 3.28. The quantitative estimate of drug-likeness (QED) is 0.640. The van der Waals surface area contributed by atoms with E-state index in [1.807, 2.05) is 0 Å². The van der Waals surface area contributed by atoms with Gasteiger partial charge in [0, 0.05) is 6.04 Å². The molecule has 20 heavy (non-hydrogen) atoms. The van der Waals surface area contributed by atoms with Crippen LogP contribution in [0.1, 0.15) is 44.6 Å². The Balaban J connectivity index is 1.96. The zero-order valence-electron chi connectivity index (χ0n) is 12.0. The average molecular weight is 282 g/mol. The topological polar surface area (TPSA) is 38.0 Å². The molecule has 1 atom stereocenters. The summed E-state index contributed by atoms with van der Waals surface area (Å²) in [6.07, 6.45) is 6.72. The number of halogens is 2. The Labute approximate surface area is 119 Å². The van der Waals surface area contributed by atoms with Gasteiger partial charge in [-0.25, -0.2) is 8.78 Å². The lowest BCUT2D eigenvalue weighted by atomic mass is 9.76. The maximum atomic E-state index is 13.2. The Morgan fingerprint density at radius 3 is 2.45 bits per heavy atom. The molecule has 0 heterocycles. The van der Waals surface area contributed by atoms with E-state index in [4.69, 9.17) is 5.84 Å². The minimum atomic E-state index is -0.797. The standard InChI is InChI=1S/C16H24F2N2/c1-2-11-3-6-13(7-4-11)16(20-19)10-12-5-8-14(17)15(18)9-12/h5,8-9,11,13,16,20H,2-4,6-7,10,19H2,1H3. The summed E-state index contributed by atoms with van der Waals surface area (Å²) in [7, 11) is 0. The highest BCUT2D eigenvalue weighted by Gasteiger charge is 2.26. The predicted molar refractivity (Wildman–Crippen MR) is 76.9 cm³/mol. The van der Waals surface area contributed by atoms with Crippen LogP contribution >= 0.6 is 0 Å². The molecular formula is C16H24F2N2. The molecule has 4 heteroatoms. The van der Waals surface area contributed by atoms with Gasteiger partial charge in [0.05, 0.1) is 0 Å². The summed E-state index contributed by atoms with van der Waals surface area (Å²) in [5, 5.41) is 0. The molecule has 0 aliphatic heterocycles. The molecule has 1 aromatic carbocycles. The van der Waals surface area contributed by atoms with Crippen LogP contribution in [-0.4, -0.2) is 6.04 Å². The maximum Gasteiger partial charge on any atom is 0.159 e. The zero-order chi connectivity index (χ0) is 14.5. The van der Waals surface area contributed by atoms with Crippen LogP contribution in [0.25, 0.3) is 0 Å². The molecule has 0 spiro atoms. The summed E-state index contributed by atoms with van der Waals surface area (Å²) in [6, 6.07) is 4.24. The normalized spacial score (nSPS) is 24.6. The molecule has 3 N–H and O–H groups in total. The van der Waals surface area contributed by atoms with Crippen molar-refractivity contribution in [1.82, 2.24) is 5.43 Å². The van der Waals surface area contributed by atoms with E-state index >= 15 is 0 Å². The van der Waals surface area contributed by atoms with Gasteiger partial charge in [-0.3, -0.25) is 11.3 Å². The van der Waals surface area contributed by atoms with Crippen LogP contribution in [0, 0.1) is 23.5 Å². The number of rotatable bonds is 5. The van der Waals surface area contributed by atoms with Gasteiger partial charge >= 0.3 is 0 Å². The van der Waals surface area contributed by atoms with E-state index in [1.54, 1.807) is 6.07 Å². The molecule has 1 unspecified atom stereocenters. The Kier molecular flexibility index (Phi) is 5.49. The van der Waals surface area contributed by atoms with E-state index in [1.165, 1.54) is 31.4 Å². The van der Waals surface area contributed by atoms with Gasteiger partial charge in [0.2, 0.25) is 0 Å². The molecule has 0 amide bonds. The highest BCUT2D eigenvalue weighted by molar-refractivity contribution is 5.19. The van der Waals surface area contributed by atoms with E-state index in [0.29, 0.717) is 12.3 Å². The minimum Gasteiger partial charge on any atom is -0.271 e. The smallest absolute Gasteiger partial charge is 0.159 e. The highest BCUT2D eigenvalue weighted by atomic mass is 19.2. The van der Waals surface area contributed by atoms with E-state index in [-0.39, 0.29) is 6.04 Å². The molecule has 0 saturated heterocycles. The van der Waals surface area contributed by atoms with Crippen molar-refractivity contribution in [2.75, 3.05) is 0 Å². The Morgan fingerprint density at radius 1 is 1.20 bits per heavy atom. The van der Waals surface area contributed by atoms with E-state index in [2.05, 4.69) is 12.3 Å². The molecule has 112 valence electrons. The monoisotopic (exact) mass is 282 g/mol. The number of hydrazine groups is 1. The molecule has 0 bridgehead atoms. The van der Waals surface area contributed by atoms with Crippen LogP contribution in [0.3, 0.4) is 0 Å². The molecule has 1 aromatic rings. The van der Waals surface area contributed by atoms with Gasteiger partial charge in [-0.2, -0.15) is 0 Å². The highest BCUT2D eigenvalue weighted by Crippen LogP contribution is 2.33. The number of hydrogen-bond donors (Lipinski definition) is 2. The van der Waals surface area contributed by atoms with Gasteiger partial charge in [0.15, 0.2) is 11.6 Å². The minimum absolute atomic E-state index is 0.137. The summed E-state index contributed by atoms with van der Waals surface area (Å²) in [6.45, 7) is 2.24. The lowest BCUT2D eigenvalue weighted by Crippen LogP contribution is -2.43. The van der Waals surface area contributed by atoms with E-state index in [9.17, 15) is 8.78 Å². The molecule has 1 saturated carbocycles. The van der Waals surface area contributed by atoms with Crippen molar-refractivity contribution in [3.63, 3.8) is 0 Å². The largest absolute Gasteiger partial charge is 0.271 e. The molecule has 2 nitrogen and oxygen atoms in total. The van der Waals surface area contributed by atoms with Gasteiger partial charge in [-0.15, -0.1) is 0 Å². The first kappa shape index (κ1) is 15.4. The van der Waals surface area contributed by atoms with Crippen molar-refractivity contribution in [2.24, 2.45) is 17.7 Å². The Bertz CT molecular complexity index is 428. The van der Waals surface area contributed by atoms with Crippen molar-refractivity contribution in [2.45, 2.75) is 51.5 Å². The van der Waals surface area contributed by atoms with Gasteiger partial charge in [-0.05, 0) is 48.8 Å². The van der Waals surface area contributed by atoms with Crippen LogP contribution in [0.2, 0.25) is 0 Å². The van der Waals surface area contributed by atoms with Crippen LogP contribution in [0.15, 0.2) is 18.2 Å². The molecule has 2 rings (SSSR count). The van der Waals surface area contributed by atoms with E-state index < -0.39 is 11.6 Å². The van der Waals surface area contributed by atoms with Gasteiger partial charge < -0.3 is 0 Å². The molecular weight excluding hydrogens is 258 g/mol. The fourth-order valence-corrected chi connectivity index (χ4v) is 3.28. The molecule has 1 aliphatic carbocycles. The van der Waals surface area contributed by atoms with Crippen molar-refractivity contribution in [3.8, 4) is 0 Å². The lowest BCUT2D eigenvalue weighted by molar-refractivity contribution is 0.217. The van der Waals surface area contributed by atoms with Crippen molar-refractivity contribution in [3.05, 3.63) is 35.4 Å². The molecule has 1 fully saturated rings. The second-order valence-corrected chi connectivity index (χ2v) is 5.91. The second kappa shape index (κ2) is 7.14. The van der Waals surface area contributed by atoms with Gasteiger partial charge in [-0.1, -0.05) is 32.3 Å². The summed E-state index contributed by atoms with van der Waals surface area (Å²) < 4.78 is 26.2. The van der Waals surface area contributed by atoms with Crippen LogP contribution in [0.5, 0.6) is 0 Å². The first-order valence-electron chi connectivity index (χ1n) is 7.54. The predicted octanol–water partition coefficient (Wildman–Crippen LogP) is 3.56. The van der Waals surface area contributed by atoms with Crippen molar-refractivity contribution in [1.29, 1.82) is 0 Å². The van der Waals surface area contributed by atoms with Crippen molar-refractivity contribution < 1.29 is 8.78 Å². The van der Waals surface area contributed by atoms with Crippen molar-refractivity contribution >= 4 is 0 Å². The molecule has 0 radical (unpaired) electrons. The summed E-state index contributed by atoms with van der Waals surface area (Å²) in [5.74, 6) is 5.45. The summed E-state index contributed by atoms with van der Waals surface area (Å²) >= 11 is 0. The zero-order valence-corrected chi connectivity index (χ0v) is 12.0. The second-order valence-electron chi connectivity index (χ2n) is 5.91. The number of hydrogen-bond acceptors (Lipinski definition) is 2. The number of nitrogens with one attached hydrogen (secondary N) is 1. The third kappa shape index (κ3) is 3.76. The van der Waals surface area contributed by atoms with Crippen LogP contribution in [-0.2, 0) is 6.42 Å². The SMILES string of the molecule is CCC1CCC(C(Cc2ccc(F)c(F)c2)NN)CC1. The number of benzene rings is 1. The van der Waals surface area contributed by atoms with Crippen LogP contribution < -0.4 is 11.3 Å². The first-order chi connectivity index (χ1) is 9.63. The summed E-state index contributed by atoms with van der Waals surface area (Å²) in [5.41, 5.74) is 3.67. The molecule has 0 aromatic heterocycles. The third-order valence-corrected chi connectivity index (χ3v) is 4.69. The van der Waals surface area contributed by atoms with E-state index in [0.717, 1.165) is 24.3 Å². The Morgan fingerprint density at radius 2 is 1.90 bits per heavy atom. The van der Waals surface area contributed by atoms with Gasteiger partial charge in [0.1, 0.15) is 0 Å². The maximum absolute atomic E-state index is 13.2. The summed E-state index contributed by atoms with van der Waals surface area (Å²) in [4.78, 5) is 0. The Hall–Kier alpha value is -1.00. The first-order valence-corrected chi connectivity index (χ1v) is 7.54. The number of nitrogens with two attached hydrogens (primary N) is 1. The molecule has 1 aliphatic rings.